The normalized spacial score (nSPS) is 14.6. The summed E-state index contributed by atoms with van der Waals surface area (Å²) in [7, 11) is 0. The predicted octanol–water partition coefficient (Wildman–Crippen LogP) is 5.23. The number of nitrogens with zero attached hydrogens (tertiary/aromatic N) is 2. The van der Waals surface area contributed by atoms with Crippen molar-refractivity contribution in [2.45, 2.75) is 51.1 Å². The molecule has 3 amide bonds. The molecule has 0 spiro atoms. The zero-order valence-electron chi connectivity index (χ0n) is 20.4. The number of carbonyl (C=O) groups excluding carboxylic acids is 3. The van der Waals surface area contributed by atoms with E-state index in [2.05, 4.69) is 31.7 Å². The molecule has 0 aliphatic heterocycles. The van der Waals surface area contributed by atoms with Crippen LogP contribution in [0.15, 0.2) is 62.1 Å². The molecule has 0 bridgehead atoms. The number of anilines is 2. The minimum absolute atomic E-state index is 0.0186. The molecule has 11 heteroatoms. The Morgan fingerprint density at radius 3 is 2.54 bits per heavy atom. The Morgan fingerprint density at radius 2 is 1.89 bits per heavy atom. The summed E-state index contributed by atoms with van der Waals surface area (Å²) in [5, 5.41) is 9.52. The molecule has 2 N–H and O–H groups in total. The quantitative estimate of drug-likeness (QED) is 0.333. The van der Waals surface area contributed by atoms with Crippen molar-refractivity contribution >= 4 is 56.9 Å². The maximum atomic E-state index is 13.6. The van der Waals surface area contributed by atoms with Crippen LogP contribution in [0.2, 0.25) is 0 Å². The fourth-order valence-electron chi connectivity index (χ4n) is 4.29. The summed E-state index contributed by atoms with van der Waals surface area (Å²) in [5.74, 6) is 0.371. The van der Waals surface area contributed by atoms with E-state index in [0.29, 0.717) is 23.0 Å². The second kappa shape index (κ2) is 13.0. The predicted molar refractivity (Wildman–Crippen MR) is 145 cm³/mol. The maximum Gasteiger partial charge on any atom is 0.251 e. The highest BCUT2D eigenvalue weighted by Gasteiger charge is 2.36. The Hall–Kier alpha value is -3.05. The molecule has 1 atom stereocenters. The largest absolute Gasteiger partial charge is 0.467 e. The Kier molecular flexibility index (Phi) is 9.45. The van der Waals surface area contributed by atoms with Gasteiger partial charge in [0, 0.05) is 22.3 Å². The molecule has 37 heavy (non-hydrogen) atoms. The van der Waals surface area contributed by atoms with Gasteiger partial charge in [0.2, 0.25) is 11.8 Å². The highest BCUT2D eigenvalue weighted by molar-refractivity contribution is 9.10. The van der Waals surface area contributed by atoms with Crippen LogP contribution in [-0.2, 0) is 14.4 Å². The summed E-state index contributed by atoms with van der Waals surface area (Å²) < 4.78 is 11.4. The van der Waals surface area contributed by atoms with Gasteiger partial charge >= 0.3 is 0 Å². The first-order valence-electron chi connectivity index (χ1n) is 12.1. The van der Waals surface area contributed by atoms with Crippen LogP contribution in [0.4, 0.5) is 11.5 Å². The lowest BCUT2D eigenvalue weighted by molar-refractivity contribution is -0.127. The lowest BCUT2D eigenvalue weighted by Gasteiger charge is -2.32. The maximum absolute atomic E-state index is 13.6. The summed E-state index contributed by atoms with van der Waals surface area (Å²) in [4.78, 5) is 41.0. The molecule has 0 saturated heterocycles. The first-order valence-corrected chi connectivity index (χ1v) is 14.1. The van der Waals surface area contributed by atoms with Crippen molar-refractivity contribution in [2.24, 2.45) is 0 Å². The highest BCUT2D eigenvalue weighted by atomic mass is 79.9. The van der Waals surface area contributed by atoms with Gasteiger partial charge < -0.3 is 19.6 Å². The zero-order valence-corrected chi connectivity index (χ0v) is 22.8. The molecule has 2 aromatic heterocycles. The molecule has 2 heterocycles. The van der Waals surface area contributed by atoms with Gasteiger partial charge in [0.25, 0.3) is 5.91 Å². The number of amides is 3. The Balaban J connectivity index is 1.51. The number of aryl methyl sites for hydroxylation is 1. The Labute approximate surface area is 227 Å². The molecular formula is C26H29BrN4O5S. The highest BCUT2D eigenvalue weighted by Crippen LogP contribution is 2.31. The molecular weight excluding hydrogens is 560 g/mol. The molecule has 3 aromatic rings. The number of benzene rings is 1. The van der Waals surface area contributed by atoms with Crippen molar-refractivity contribution in [1.29, 1.82) is 0 Å². The van der Waals surface area contributed by atoms with E-state index >= 15 is 0 Å². The molecule has 1 fully saturated rings. The number of aromatic nitrogens is 1. The summed E-state index contributed by atoms with van der Waals surface area (Å²) in [5.41, 5.74) is 0.552. The SMILES string of the molecule is Cc1cc(NC(=O)CSCC(=O)N(c2ccc(Br)cc2)[C@H](C(=O)NC2CCCCC2)c2ccco2)no1. The molecule has 4 rings (SSSR count). The Bertz CT molecular complexity index is 1190. The van der Waals surface area contributed by atoms with Crippen LogP contribution in [0.3, 0.4) is 0 Å². The van der Waals surface area contributed by atoms with Crippen molar-refractivity contribution in [3.63, 3.8) is 0 Å². The number of thioether (sulfide) groups is 1. The third-order valence-corrected chi connectivity index (χ3v) is 7.44. The van der Waals surface area contributed by atoms with E-state index in [-0.39, 0.29) is 35.3 Å². The van der Waals surface area contributed by atoms with Gasteiger partial charge in [-0.2, -0.15) is 0 Å². The first kappa shape index (κ1) is 27.0. The summed E-state index contributed by atoms with van der Waals surface area (Å²) in [6.07, 6.45) is 6.62. The van der Waals surface area contributed by atoms with Crippen LogP contribution in [0.1, 0.15) is 49.7 Å². The third-order valence-electron chi connectivity index (χ3n) is 6.00. The molecule has 1 aliphatic rings. The third kappa shape index (κ3) is 7.48. The molecule has 1 aromatic carbocycles. The Morgan fingerprint density at radius 1 is 1.14 bits per heavy atom. The second-order valence-electron chi connectivity index (χ2n) is 8.87. The van der Waals surface area contributed by atoms with E-state index in [1.807, 2.05) is 12.1 Å². The zero-order chi connectivity index (χ0) is 26.2. The number of halogens is 1. The first-order chi connectivity index (χ1) is 17.9. The standard InChI is InChI=1S/C26H29BrN4O5S/c1-17-14-22(30-36-17)29-23(32)15-37-16-24(33)31(20-11-9-18(27)10-12-20)25(21-8-5-13-35-21)26(34)28-19-6-3-2-4-7-19/h5,8-14,19,25H,2-4,6-7,15-16H2,1H3,(H,28,34)(H,29,30,32)/t25-/m0/s1. The van der Waals surface area contributed by atoms with Crippen LogP contribution in [0.5, 0.6) is 0 Å². The second-order valence-corrected chi connectivity index (χ2v) is 10.8. The number of nitrogens with one attached hydrogen (secondary N) is 2. The van der Waals surface area contributed by atoms with Crippen LogP contribution in [0, 0.1) is 6.92 Å². The molecule has 0 radical (unpaired) electrons. The summed E-state index contributed by atoms with van der Waals surface area (Å²) in [6, 6.07) is 11.3. The van der Waals surface area contributed by atoms with Gasteiger partial charge in [-0.3, -0.25) is 19.3 Å². The van der Waals surface area contributed by atoms with Crippen LogP contribution >= 0.6 is 27.7 Å². The molecule has 0 unspecified atom stereocenters. The molecule has 9 nitrogen and oxygen atoms in total. The molecule has 1 saturated carbocycles. The van der Waals surface area contributed by atoms with E-state index in [9.17, 15) is 14.4 Å². The van der Waals surface area contributed by atoms with Crippen LogP contribution in [0.25, 0.3) is 0 Å². The van der Waals surface area contributed by atoms with E-state index in [4.69, 9.17) is 8.94 Å². The molecule has 196 valence electrons. The topological polar surface area (TPSA) is 118 Å². The van der Waals surface area contributed by atoms with Crippen molar-refractivity contribution < 1.29 is 23.3 Å². The lowest BCUT2D eigenvalue weighted by atomic mass is 9.95. The number of carbonyl (C=O) groups is 3. The molecule has 1 aliphatic carbocycles. The van der Waals surface area contributed by atoms with Gasteiger partial charge in [-0.1, -0.05) is 40.3 Å². The van der Waals surface area contributed by atoms with E-state index in [1.165, 1.54) is 17.6 Å². The fourth-order valence-corrected chi connectivity index (χ4v) is 5.23. The minimum atomic E-state index is -0.988. The average molecular weight is 590 g/mol. The van der Waals surface area contributed by atoms with Crippen molar-refractivity contribution in [3.8, 4) is 0 Å². The van der Waals surface area contributed by atoms with Crippen molar-refractivity contribution in [2.75, 3.05) is 21.7 Å². The van der Waals surface area contributed by atoms with Crippen LogP contribution in [-0.4, -0.2) is 40.4 Å². The van der Waals surface area contributed by atoms with Crippen molar-refractivity contribution in [3.05, 3.63) is 64.7 Å². The summed E-state index contributed by atoms with van der Waals surface area (Å²) in [6.45, 7) is 1.73. The number of hydrogen-bond acceptors (Lipinski definition) is 7. The monoisotopic (exact) mass is 588 g/mol. The van der Waals surface area contributed by atoms with E-state index in [0.717, 1.165) is 41.9 Å². The van der Waals surface area contributed by atoms with Crippen molar-refractivity contribution in [1.82, 2.24) is 10.5 Å². The lowest BCUT2D eigenvalue weighted by Crippen LogP contribution is -2.47. The summed E-state index contributed by atoms with van der Waals surface area (Å²) >= 11 is 4.58. The van der Waals surface area contributed by atoms with Gasteiger partial charge in [0.1, 0.15) is 11.5 Å². The van der Waals surface area contributed by atoms with E-state index < -0.39 is 6.04 Å². The van der Waals surface area contributed by atoms with Gasteiger partial charge in [0.15, 0.2) is 11.9 Å². The number of hydrogen-bond donors (Lipinski definition) is 2. The van der Waals surface area contributed by atoms with Gasteiger partial charge in [-0.05, 0) is 56.2 Å². The van der Waals surface area contributed by atoms with Crippen LogP contribution < -0.4 is 15.5 Å². The van der Waals surface area contributed by atoms with Gasteiger partial charge in [-0.15, -0.1) is 11.8 Å². The number of furan rings is 1. The average Bonchev–Trinajstić information content (AvgIpc) is 3.55. The smallest absolute Gasteiger partial charge is 0.251 e. The number of rotatable bonds is 10. The van der Waals surface area contributed by atoms with E-state index in [1.54, 1.807) is 37.3 Å². The minimum Gasteiger partial charge on any atom is -0.467 e. The van der Waals surface area contributed by atoms with Gasteiger partial charge in [0.05, 0.1) is 17.8 Å². The van der Waals surface area contributed by atoms with Gasteiger partial charge in [-0.25, -0.2) is 0 Å². The fraction of sp³-hybridized carbons (Fsp3) is 0.385.